The molecule has 0 aliphatic carbocycles. The molecule has 0 atom stereocenters. The van der Waals surface area contributed by atoms with Crippen LogP contribution in [0.4, 0.5) is 11.5 Å². The zero-order chi connectivity index (χ0) is 21.3. The van der Waals surface area contributed by atoms with Crippen LogP contribution in [-0.4, -0.2) is 36.6 Å². The molecule has 0 radical (unpaired) electrons. The number of unbranched alkanes of at least 4 members (excludes halogenated alkanes) is 1. The summed E-state index contributed by atoms with van der Waals surface area (Å²) in [5.74, 6) is 1.81. The van der Waals surface area contributed by atoms with Gasteiger partial charge >= 0.3 is 0 Å². The Hall–Kier alpha value is -3.61. The van der Waals surface area contributed by atoms with Crippen molar-refractivity contribution < 1.29 is 14.3 Å². The third-order valence-corrected chi connectivity index (χ3v) is 4.57. The summed E-state index contributed by atoms with van der Waals surface area (Å²) in [6.07, 6.45) is 6.89. The number of benzene rings is 2. The van der Waals surface area contributed by atoms with Crippen molar-refractivity contribution in [3.63, 3.8) is 0 Å². The van der Waals surface area contributed by atoms with E-state index in [-0.39, 0.29) is 5.91 Å². The molecule has 7 heteroatoms. The number of hydrogen-bond donors (Lipinski definition) is 2. The van der Waals surface area contributed by atoms with Crippen molar-refractivity contribution in [1.29, 1.82) is 0 Å². The number of rotatable bonds is 9. The van der Waals surface area contributed by atoms with Gasteiger partial charge in [0.2, 0.25) is 5.91 Å². The summed E-state index contributed by atoms with van der Waals surface area (Å²) in [7, 11) is 3.19. The van der Waals surface area contributed by atoms with Crippen LogP contribution in [-0.2, 0) is 4.79 Å². The number of hydrogen-bond acceptors (Lipinski definition) is 6. The summed E-state index contributed by atoms with van der Waals surface area (Å²) in [5.41, 5.74) is 2.55. The molecule has 7 nitrogen and oxygen atoms in total. The van der Waals surface area contributed by atoms with E-state index in [1.165, 1.54) is 6.33 Å². The van der Waals surface area contributed by atoms with Crippen LogP contribution in [0.1, 0.15) is 25.3 Å². The second-order valence-electron chi connectivity index (χ2n) is 6.67. The van der Waals surface area contributed by atoms with Crippen molar-refractivity contribution in [1.82, 2.24) is 15.3 Å². The molecule has 0 saturated heterocycles. The van der Waals surface area contributed by atoms with Gasteiger partial charge in [0.25, 0.3) is 0 Å². The first kappa shape index (κ1) is 21.1. The summed E-state index contributed by atoms with van der Waals surface area (Å²) < 4.78 is 10.7. The highest BCUT2D eigenvalue weighted by Gasteiger charge is 2.11. The highest BCUT2D eigenvalue weighted by Crippen LogP contribution is 2.34. The molecule has 0 unspecified atom stereocenters. The van der Waals surface area contributed by atoms with Gasteiger partial charge in [0.05, 0.1) is 19.7 Å². The highest BCUT2D eigenvalue weighted by atomic mass is 16.5. The van der Waals surface area contributed by atoms with Crippen molar-refractivity contribution >= 4 is 34.4 Å². The van der Waals surface area contributed by atoms with Gasteiger partial charge < -0.3 is 20.1 Å². The van der Waals surface area contributed by atoms with Crippen LogP contribution in [0, 0.1) is 0 Å². The monoisotopic (exact) mass is 406 g/mol. The number of amides is 1. The Labute approximate surface area is 176 Å². The van der Waals surface area contributed by atoms with Gasteiger partial charge in [-0.15, -0.1) is 0 Å². The van der Waals surface area contributed by atoms with Crippen LogP contribution >= 0.6 is 0 Å². The van der Waals surface area contributed by atoms with Gasteiger partial charge in [-0.05, 0) is 36.3 Å². The third-order valence-electron chi connectivity index (χ3n) is 4.57. The number of methoxy groups -OCH3 is 2. The molecule has 30 heavy (non-hydrogen) atoms. The van der Waals surface area contributed by atoms with Gasteiger partial charge in [0, 0.05) is 29.8 Å². The number of ether oxygens (including phenoxy) is 2. The van der Waals surface area contributed by atoms with Crippen LogP contribution in [0.3, 0.4) is 0 Å². The second-order valence-corrected chi connectivity index (χ2v) is 6.67. The number of anilines is 2. The van der Waals surface area contributed by atoms with E-state index in [1.807, 2.05) is 36.4 Å². The van der Waals surface area contributed by atoms with Gasteiger partial charge in [-0.1, -0.05) is 25.5 Å². The predicted octanol–water partition coefficient (Wildman–Crippen LogP) is 4.32. The minimum atomic E-state index is -0.0810. The summed E-state index contributed by atoms with van der Waals surface area (Å²) in [4.78, 5) is 20.5. The van der Waals surface area contributed by atoms with Crippen LogP contribution in [0.2, 0.25) is 0 Å². The Balaban J connectivity index is 1.74. The standard InChI is InChI=1S/C23H26N4O3/c1-4-5-12-24-22(28)11-8-16-6-9-17(10-7-16)27-23-18-13-20(29-2)21(30-3)14-19(18)25-15-26-23/h6-11,13-15H,4-5,12H2,1-3H3,(H,24,28)(H,25,26,27). The SMILES string of the molecule is CCCCNC(=O)C=Cc1ccc(Nc2ncnc3cc(OC)c(OC)cc23)cc1. The fourth-order valence-electron chi connectivity index (χ4n) is 2.92. The largest absolute Gasteiger partial charge is 0.493 e. The van der Waals surface area contributed by atoms with Gasteiger partial charge in [-0.3, -0.25) is 4.79 Å². The van der Waals surface area contributed by atoms with Crippen molar-refractivity contribution in [3.8, 4) is 11.5 Å². The maximum absolute atomic E-state index is 11.8. The molecule has 0 aliphatic heterocycles. The molecule has 0 fully saturated rings. The van der Waals surface area contributed by atoms with E-state index in [0.717, 1.165) is 35.0 Å². The minimum Gasteiger partial charge on any atom is -0.493 e. The summed E-state index contributed by atoms with van der Waals surface area (Å²) in [6, 6.07) is 11.4. The van der Waals surface area contributed by atoms with Gasteiger partial charge in [0.15, 0.2) is 11.5 Å². The first-order valence-corrected chi connectivity index (χ1v) is 9.84. The Kier molecular flexibility index (Phi) is 7.21. The van der Waals surface area contributed by atoms with Crippen molar-refractivity contribution in [3.05, 3.63) is 54.4 Å². The number of carbonyl (C=O) groups is 1. The molecule has 0 saturated carbocycles. The molecule has 1 amide bonds. The van der Waals surface area contributed by atoms with Crippen molar-refractivity contribution in [2.45, 2.75) is 19.8 Å². The number of aromatic nitrogens is 2. The van der Waals surface area contributed by atoms with E-state index < -0.39 is 0 Å². The molecule has 2 N–H and O–H groups in total. The number of fused-ring (bicyclic) bond motifs is 1. The van der Waals surface area contributed by atoms with Crippen molar-refractivity contribution in [2.75, 3.05) is 26.1 Å². The predicted molar refractivity (Wildman–Crippen MR) is 119 cm³/mol. The molecule has 2 aromatic carbocycles. The number of nitrogens with zero attached hydrogens (tertiary/aromatic N) is 2. The third kappa shape index (κ3) is 5.26. The molecule has 1 aromatic heterocycles. The smallest absolute Gasteiger partial charge is 0.243 e. The van der Waals surface area contributed by atoms with Crippen LogP contribution in [0.25, 0.3) is 17.0 Å². The number of nitrogens with one attached hydrogen (secondary N) is 2. The Morgan fingerprint density at radius 1 is 1.07 bits per heavy atom. The maximum Gasteiger partial charge on any atom is 0.243 e. The quantitative estimate of drug-likeness (QED) is 0.407. The lowest BCUT2D eigenvalue weighted by atomic mass is 10.1. The van der Waals surface area contributed by atoms with Gasteiger partial charge in [0.1, 0.15) is 12.1 Å². The molecule has 3 rings (SSSR count). The lowest BCUT2D eigenvalue weighted by Crippen LogP contribution is -2.21. The van der Waals surface area contributed by atoms with E-state index >= 15 is 0 Å². The fraction of sp³-hybridized carbons (Fsp3) is 0.261. The zero-order valence-corrected chi connectivity index (χ0v) is 17.4. The molecular formula is C23H26N4O3. The average molecular weight is 406 g/mol. The van der Waals surface area contributed by atoms with E-state index in [9.17, 15) is 4.79 Å². The van der Waals surface area contributed by atoms with E-state index in [0.29, 0.717) is 23.9 Å². The normalized spacial score (nSPS) is 10.9. The molecule has 0 aliphatic rings. The van der Waals surface area contributed by atoms with Gasteiger partial charge in [-0.2, -0.15) is 0 Å². The molecule has 156 valence electrons. The Morgan fingerprint density at radius 3 is 2.50 bits per heavy atom. The highest BCUT2D eigenvalue weighted by molar-refractivity contribution is 5.93. The molecule has 3 aromatic rings. The second kappa shape index (κ2) is 10.2. The van der Waals surface area contributed by atoms with E-state index in [2.05, 4.69) is 27.5 Å². The van der Waals surface area contributed by atoms with Crippen LogP contribution in [0.5, 0.6) is 11.5 Å². The molecular weight excluding hydrogens is 380 g/mol. The summed E-state index contributed by atoms with van der Waals surface area (Å²) in [6.45, 7) is 2.79. The number of carbonyl (C=O) groups excluding carboxylic acids is 1. The van der Waals surface area contributed by atoms with Crippen LogP contribution < -0.4 is 20.1 Å². The minimum absolute atomic E-state index is 0.0810. The average Bonchev–Trinajstić information content (AvgIpc) is 2.78. The Morgan fingerprint density at radius 2 is 1.80 bits per heavy atom. The van der Waals surface area contributed by atoms with Crippen molar-refractivity contribution in [2.24, 2.45) is 0 Å². The lowest BCUT2D eigenvalue weighted by Gasteiger charge is -2.12. The fourth-order valence-corrected chi connectivity index (χ4v) is 2.92. The summed E-state index contributed by atoms with van der Waals surface area (Å²) >= 11 is 0. The van der Waals surface area contributed by atoms with E-state index in [1.54, 1.807) is 26.4 Å². The molecule has 0 spiro atoms. The first-order chi connectivity index (χ1) is 14.6. The van der Waals surface area contributed by atoms with E-state index in [4.69, 9.17) is 9.47 Å². The summed E-state index contributed by atoms with van der Waals surface area (Å²) in [5, 5.41) is 6.99. The molecule has 1 heterocycles. The maximum atomic E-state index is 11.8. The Bertz CT molecular complexity index is 1030. The molecule has 0 bridgehead atoms. The lowest BCUT2D eigenvalue weighted by molar-refractivity contribution is -0.116. The zero-order valence-electron chi connectivity index (χ0n) is 17.4. The van der Waals surface area contributed by atoms with Crippen LogP contribution in [0.15, 0.2) is 48.8 Å². The first-order valence-electron chi connectivity index (χ1n) is 9.84. The van der Waals surface area contributed by atoms with Gasteiger partial charge in [-0.25, -0.2) is 9.97 Å². The topological polar surface area (TPSA) is 85.4 Å².